The second kappa shape index (κ2) is 10.1. The van der Waals surface area contributed by atoms with Crippen LogP contribution in [0.2, 0.25) is 0 Å². The molecule has 0 fully saturated rings. The zero-order chi connectivity index (χ0) is 25.9. The number of amides is 3. The third kappa shape index (κ3) is 5.49. The van der Waals surface area contributed by atoms with E-state index < -0.39 is 23.6 Å². The first-order valence-electron chi connectivity index (χ1n) is 11.7. The van der Waals surface area contributed by atoms with Crippen molar-refractivity contribution in [2.24, 2.45) is 0 Å². The molecule has 0 aromatic heterocycles. The fraction of sp³-hybridized carbons (Fsp3) is 0.250. The molecule has 0 saturated heterocycles. The van der Waals surface area contributed by atoms with Gasteiger partial charge >= 0.3 is 6.09 Å². The molecule has 0 aliphatic carbocycles. The molecule has 0 unspecified atom stereocenters. The summed E-state index contributed by atoms with van der Waals surface area (Å²) in [4.78, 5) is 40.5. The molecule has 1 atom stereocenters. The Hall–Kier alpha value is -4.33. The van der Waals surface area contributed by atoms with E-state index in [1.54, 1.807) is 92.4 Å². The smallest absolute Gasteiger partial charge is 0.408 e. The van der Waals surface area contributed by atoms with Gasteiger partial charge in [0, 0.05) is 18.3 Å². The fourth-order valence-electron chi connectivity index (χ4n) is 3.90. The number of anilines is 2. The van der Waals surface area contributed by atoms with Gasteiger partial charge in [-0.15, -0.1) is 0 Å². The number of hydrogen-bond acceptors (Lipinski definition) is 5. The number of nitrogens with zero attached hydrogens (tertiary/aromatic N) is 1. The van der Waals surface area contributed by atoms with Crippen LogP contribution in [0.5, 0.6) is 11.5 Å². The van der Waals surface area contributed by atoms with Crippen molar-refractivity contribution in [1.29, 1.82) is 0 Å². The molecular formula is C28H29N3O5. The molecule has 0 saturated carbocycles. The van der Waals surface area contributed by atoms with E-state index in [0.717, 1.165) is 0 Å². The van der Waals surface area contributed by atoms with Crippen LogP contribution < -0.4 is 20.3 Å². The third-order valence-corrected chi connectivity index (χ3v) is 5.47. The second-order valence-electron chi connectivity index (χ2n) is 9.31. The van der Waals surface area contributed by atoms with Crippen LogP contribution in [0, 0.1) is 0 Å². The number of hydrogen-bond donors (Lipinski definition) is 2. The van der Waals surface area contributed by atoms with Gasteiger partial charge in [0.1, 0.15) is 17.4 Å². The highest BCUT2D eigenvalue weighted by Crippen LogP contribution is 2.40. The van der Waals surface area contributed by atoms with Gasteiger partial charge in [0.2, 0.25) is 0 Å². The highest BCUT2D eigenvalue weighted by molar-refractivity contribution is 6.10. The zero-order valence-electron chi connectivity index (χ0n) is 20.7. The van der Waals surface area contributed by atoms with E-state index >= 15 is 0 Å². The molecule has 1 aliphatic heterocycles. The quantitative estimate of drug-likeness (QED) is 0.484. The number of alkyl carbamates (subject to hydrolysis) is 1. The molecule has 36 heavy (non-hydrogen) atoms. The molecule has 3 amide bonds. The van der Waals surface area contributed by atoms with Gasteiger partial charge in [0.05, 0.1) is 11.3 Å². The standard InChI is InChI=1S/C28H29N3O5/c1-5-31-21-16-15-19(17-23(21)35-22-14-10-9-13-20(22)26(31)33)29-25(32)24(18-11-7-6-8-12-18)30-27(34)36-28(2,3)4/h6-17,24H,5H2,1-4H3,(H,29,32)(H,30,34)/t24-/m0/s1. The minimum absolute atomic E-state index is 0.158. The number of carbonyl (C=O) groups excluding carboxylic acids is 3. The minimum Gasteiger partial charge on any atom is -0.454 e. The molecule has 0 spiro atoms. The SMILES string of the molecule is CCN1C(=O)c2ccccc2Oc2cc(NC(=O)[C@@H](NC(=O)OC(C)(C)C)c3ccccc3)ccc21. The fourth-order valence-corrected chi connectivity index (χ4v) is 3.90. The Labute approximate surface area is 210 Å². The molecule has 2 N–H and O–H groups in total. The van der Waals surface area contributed by atoms with Crippen molar-refractivity contribution in [1.82, 2.24) is 5.32 Å². The van der Waals surface area contributed by atoms with Gasteiger partial charge in [-0.05, 0) is 57.5 Å². The predicted molar refractivity (Wildman–Crippen MR) is 137 cm³/mol. The van der Waals surface area contributed by atoms with Crippen molar-refractivity contribution in [2.45, 2.75) is 39.3 Å². The van der Waals surface area contributed by atoms with Gasteiger partial charge in [-0.3, -0.25) is 9.59 Å². The van der Waals surface area contributed by atoms with Crippen molar-refractivity contribution in [3.63, 3.8) is 0 Å². The summed E-state index contributed by atoms with van der Waals surface area (Å²) in [6, 6.07) is 20.1. The molecule has 8 nitrogen and oxygen atoms in total. The Morgan fingerprint density at radius 2 is 1.67 bits per heavy atom. The maximum absolute atomic E-state index is 13.3. The van der Waals surface area contributed by atoms with Crippen molar-refractivity contribution in [3.05, 3.63) is 83.9 Å². The number of rotatable bonds is 5. The summed E-state index contributed by atoms with van der Waals surface area (Å²) in [5.74, 6) is 0.264. The number of fused-ring (bicyclic) bond motifs is 2. The van der Waals surface area contributed by atoms with Crippen LogP contribution in [0.15, 0.2) is 72.8 Å². The summed E-state index contributed by atoms with van der Waals surface area (Å²) in [7, 11) is 0. The number of ether oxygens (including phenoxy) is 2. The Morgan fingerprint density at radius 1 is 0.972 bits per heavy atom. The van der Waals surface area contributed by atoms with E-state index in [2.05, 4.69) is 10.6 Å². The van der Waals surface area contributed by atoms with E-state index in [1.165, 1.54) is 0 Å². The van der Waals surface area contributed by atoms with E-state index in [-0.39, 0.29) is 5.91 Å². The maximum atomic E-state index is 13.3. The van der Waals surface area contributed by atoms with Gasteiger partial charge in [0.15, 0.2) is 5.75 Å². The number of benzene rings is 3. The first kappa shape index (κ1) is 24.8. The molecule has 8 heteroatoms. The average molecular weight is 488 g/mol. The maximum Gasteiger partial charge on any atom is 0.408 e. The van der Waals surface area contributed by atoms with Crippen LogP contribution in [-0.4, -0.2) is 30.1 Å². The highest BCUT2D eigenvalue weighted by Gasteiger charge is 2.29. The summed E-state index contributed by atoms with van der Waals surface area (Å²) in [5, 5.41) is 5.51. The van der Waals surface area contributed by atoms with E-state index in [1.807, 2.05) is 13.0 Å². The van der Waals surface area contributed by atoms with Gasteiger partial charge < -0.3 is 25.0 Å². The molecule has 0 bridgehead atoms. The Kier molecular flexibility index (Phi) is 6.96. The Morgan fingerprint density at radius 3 is 2.36 bits per heavy atom. The summed E-state index contributed by atoms with van der Waals surface area (Å²) >= 11 is 0. The monoisotopic (exact) mass is 487 g/mol. The van der Waals surface area contributed by atoms with Crippen molar-refractivity contribution >= 4 is 29.3 Å². The lowest BCUT2D eigenvalue weighted by Crippen LogP contribution is -2.40. The molecule has 3 aromatic rings. The summed E-state index contributed by atoms with van der Waals surface area (Å²) in [6.45, 7) is 7.59. The topological polar surface area (TPSA) is 97.0 Å². The molecule has 1 aliphatic rings. The first-order chi connectivity index (χ1) is 17.2. The predicted octanol–water partition coefficient (Wildman–Crippen LogP) is 5.66. The van der Waals surface area contributed by atoms with Crippen LogP contribution in [-0.2, 0) is 9.53 Å². The van der Waals surface area contributed by atoms with Crippen LogP contribution in [0.4, 0.5) is 16.2 Å². The zero-order valence-corrected chi connectivity index (χ0v) is 20.7. The van der Waals surface area contributed by atoms with Crippen molar-refractivity contribution in [3.8, 4) is 11.5 Å². The lowest BCUT2D eigenvalue weighted by atomic mass is 10.1. The second-order valence-corrected chi connectivity index (χ2v) is 9.31. The van der Waals surface area contributed by atoms with Gasteiger partial charge in [-0.1, -0.05) is 42.5 Å². The minimum atomic E-state index is -0.991. The number of nitrogens with one attached hydrogen (secondary N) is 2. The summed E-state index contributed by atoms with van der Waals surface area (Å²) in [6.07, 6.45) is -0.703. The van der Waals surface area contributed by atoms with E-state index in [9.17, 15) is 14.4 Å². The summed E-state index contributed by atoms with van der Waals surface area (Å²) < 4.78 is 11.4. The first-order valence-corrected chi connectivity index (χ1v) is 11.7. The van der Waals surface area contributed by atoms with Crippen molar-refractivity contribution in [2.75, 3.05) is 16.8 Å². The molecule has 186 valence electrons. The lowest BCUT2D eigenvalue weighted by Gasteiger charge is -2.24. The molecule has 0 radical (unpaired) electrons. The number of carbonyl (C=O) groups is 3. The average Bonchev–Trinajstić information content (AvgIpc) is 2.95. The Balaban J connectivity index is 1.62. The van der Waals surface area contributed by atoms with E-state index in [4.69, 9.17) is 9.47 Å². The van der Waals surface area contributed by atoms with Crippen LogP contribution in [0.25, 0.3) is 0 Å². The largest absolute Gasteiger partial charge is 0.454 e. The highest BCUT2D eigenvalue weighted by atomic mass is 16.6. The van der Waals surface area contributed by atoms with Gasteiger partial charge in [-0.25, -0.2) is 4.79 Å². The Bertz CT molecular complexity index is 1280. The van der Waals surface area contributed by atoms with Crippen LogP contribution in [0.3, 0.4) is 0 Å². The molecular weight excluding hydrogens is 458 g/mol. The molecule has 3 aromatic carbocycles. The molecule has 1 heterocycles. The van der Waals surface area contributed by atoms with Crippen molar-refractivity contribution < 1.29 is 23.9 Å². The van der Waals surface area contributed by atoms with E-state index in [0.29, 0.717) is 40.5 Å². The van der Waals surface area contributed by atoms with Gasteiger partial charge in [0.25, 0.3) is 11.8 Å². The number of para-hydroxylation sites is 1. The van der Waals surface area contributed by atoms with Crippen LogP contribution >= 0.6 is 0 Å². The normalized spacial score (nSPS) is 13.4. The summed E-state index contributed by atoms with van der Waals surface area (Å²) in [5.41, 5.74) is 1.40. The lowest BCUT2D eigenvalue weighted by molar-refractivity contribution is -0.118. The van der Waals surface area contributed by atoms with Gasteiger partial charge in [-0.2, -0.15) is 0 Å². The third-order valence-electron chi connectivity index (χ3n) is 5.47. The molecule has 4 rings (SSSR count). The van der Waals surface area contributed by atoms with Crippen LogP contribution in [0.1, 0.15) is 49.7 Å².